The smallest absolute Gasteiger partial charge is 0.142 e. The van der Waals surface area contributed by atoms with E-state index in [1.807, 2.05) is 39.1 Å². The lowest BCUT2D eigenvalue weighted by Gasteiger charge is -2.21. The third-order valence-corrected chi connectivity index (χ3v) is 4.65. The molecule has 0 aliphatic carbocycles. The van der Waals surface area contributed by atoms with E-state index < -0.39 is 0 Å². The van der Waals surface area contributed by atoms with Crippen LogP contribution in [0.3, 0.4) is 0 Å². The summed E-state index contributed by atoms with van der Waals surface area (Å²) in [6.45, 7) is 13.3. The molecule has 1 aromatic carbocycles. The zero-order valence-corrected chi connectivity index (χ0v) is 17.4. The Bertz CT molecular complexity index is 924. The molecule has 0 radical (unpaired) electrons. The van der Waals surface area contributed by atoms with E-state index in [0.717, 1.165) is 35.8 Å². The van der Waals surface area contributed by atoms with Gasteiger partial charge in [-0.3, -0.25) is 0 Å². The first-order chi connectivity index (χ1) is 13.3. The van der Waals surface area contributed by atoms with Gasteiger partial charge in [0.25, 0.3) is 0 Å². The van der Waals surface area contributed by atoms with Gasteiger partial charge in [0.15, 0.2) is 0 Å². The molecule has 3 aromatic rings. The van der Waals surface area contributed by atoms with Crippen LogP contribution in [-0.4, -0.2) is 39.8 Å². The summed E-state index contributed by atoms with van der Waals surface area (Å²) in [5.74, 6) is 1.43. The molecule has 0 amide bonds. The third-order valence-electron chi connectivity index (χ3n) is 4.65. The number of anilines is 1. The van der Waals surface area contributed by atoms with Crippen LogP contribution in [0.15, 0.2) is 36.5 Å². The van der Waals surface area contributed by atoms with Gasteiger partial charge < -0.3 is 14.2 Å². The lowest BCUT2D eigenvalue weighted by molar-refractivity contribution is -0.00635. The molecule has 6 heteroatoms. The van der Waals surface area contributed by atoms with Gasteiger partial charge in [0, 0.05) is 37.5 Å². The van der Waals surface area contributed by atoms with Crippen LogP contribution in [-0.2, 0) is 11.3 Å². The Hall–Kier alpha value is -2.47. The predicted octanol–water partition coefficient (Wildman–Crippen LogP) is 4.90. The first-order valence-electron chi connectivity index (χ1n) is 9.83. The fourth-order valence-electron chi connectivity index (χ4n) is 3.25. The van der Waals surface area contributed by atoms with E-state index in [2.05, 4.69) is 33.3 Å². The van der Waals surface area contributed by atoms with E-state index in [4.69, 9.17) is 4.74 Å². The van der Waals surface area contributed by atoms with Crippen molar-refractivity contribution in [2.45, 2.75) is 46.8 Å². The monoisotopic (exact) mass is 384 g/mol. The molecule has 0 aliphatic heterocycles. The molecular formula is C22H29FN4O. The van der Waals surface area contributed by atoms with E-state index in [1.54, 1.807) is 6.07 Å². The quantitative estimate of drug-likeness (QED) is 0.581. The van der Waals surface area contributed by atoms with Gasteiger partial charge in [-0.1, -0.05) is 0 Å². The number of halogens is 1. The van der Waals surface area contributed by atoms with Gasteiger partial charge in [0.1, 0.15) is 17.5 Å². The molecule has 0 aliphatic rings. The number of benzene rings is 1. The second-order valence-corrected chi connectivity index (χ2v) is 7.76. The Morgan fingerprint density at radius 3 is 2.46 bits per heavy atom. The summed E-state index contributed by atoms with van der Waals surface area (Å²) in [7, 11) is 0. The Kier molecular flexibility index (Phi) is 5.98. The number of imidazole rings is 1. The van der Waals surface area contributed by atoms with Gasteiger partial charge in [-0.15, -0.1) is 0 Å². The molecule has 0 saturated heterocycles. The Balaban J connectivity index is 1.98. The van der Waals surface area contributed by atoms with E-state index in [-0.39, 0.29) is 11.4 Å². The summed E-state index contributed by atoms with van der Waals surface area (Å²) in [5, 5.41) is 0. The normalized spacial score (nSPS) is 11.9. The Labute approximate surface area is 166 Å². The number of ether oxygens (including phenoxy) is 1. The van der Waals surface area contributed by atoms with Gasteiger partial charge in [0.05, 0.1) is 23.2 Å². The highest BCUT2D eigenvalue weighted by atomic mass is 19.1. The molecule has 0 saturated carbocycles. The molecular weight excluding hydrogens is 355 g/mol. The maximum Gasteiger partial charge on any atom is 0.142 e. The highest BCUT2D eigenvalue weighted by Crippen LogP contribution is 2.26. The highest BCUT2D eigenvalue weighted by Gasteiger charge is 2.16. The summed E-state index contributed by atoms with van der Waals surface area (Å²) in [6.07, 6.45) is 1.84. The van der Waals surface area contributed by atoms with Gasteiger partial charge in [0.2, 0.25) is 0 Å². The van der Waals surface area contributed by atoms with Crippen LogP contribution in [0.5, 0.6) is 0 Å². The van der Waals surface area contributed by atoms with Crippen molar-refractivity contribution in [3.63, 3.8) is 0 Å². The van der Waals surface area contributed by atoms with Crippen molar-refractivity contribution in [1.29, 1.82) is 0 Å². The minimum atomic E-state index is -0.287. The molecule has 0 atom stereocenters. The minimum absolute atomic E-state index is 0.213. The van der Waals surface area contributed by atoms with Crippen molar-refractivity contribution >= 4 is 16.9 Å². The van der Waals surface area contributed by atoms with Crippen molar-refractivity contribution in [3.05, 3.63) is 42.3 Å². The van der Waals surface area contributed by atoms with E-state index in [0.29, 0.717) is 18.7 Å². The third kappa shape index (κ3) is 4.50. The van der Waals surface area contributed by atoms with Crippen LogP contribution in [0.2, 0.25) is 0 Å². The van der Waals surface area contributed by atoms with Crippen molar-refractivity contribution < 1.29 is 9.13 Å². The molecule has 3 rings (SSSR count). The van der Waals surface area contributed by atoms with Crippen molar-refractivity contribution in [2.24, 2.45) is 0 Å². The van der Waals surface area contributed by atoms with Crippen LogP contribution in [0.1, 0.15) is 34.6 Å². The molecule has 150 valence electrons. The maximum absolute atomic E-state index is 13.7. The largest absolute Gasteiger partial charge is 0.374 e. The molecule has 5 nitrogen and oxygen atoms in total. The van der Waals surface area contributed by atoms with Crippen LogP contribution in [0.25, 0.3) is 22.4 Å². The lowest BCUT2D eigenvalue weighted by Crippen LogP contribution is -2.23. The Morgan fingerprint density at radius 2 is 1.86 bits per heavy atom. The van der Waals surface area contributed by atoms with Gasteiger partial charge in [-0.05, 0) is 58.9 Å². The van der Waals surface area contributed by atoms with E-state index >= 15 is 0 Å². The average molecular weight is 384 g/mol. The van der Waals surface area contributed by atoms with Crippen LogP contribution < -0.4 is 4.90 Å². The van der Waals surface area contributed by atoms with Gasteiger partial charge >= 0.3 is 0 Å². The predicted molar refractivity (Wildman–Crippen MR) is 112 cm³/mol. The molecule has 0 fully saturated rings. The fraction of sp³-hybridized carbons (Fsp3) is 0.455. The molecule has 2 heterocycles. The zero-order chi connectivity index (χ0) is 20.3. The molecule has 0 N–H and O–H groups in total. The number of pyridine rings is 1. The average Bonchev–Trinajstić information content (AvgIpc) is 3.00. The second kappa shape index (κ2) is 8.27. The number of nitrogens with zero attached hydrogens (tertiary/aromatic N) is 4. The van der Waals surface area contributed by atoms with Crippen molar-refractivity contribution in [1.82, 2.24) is 14.5 Å². The fourth-order valence-corrected chi connectivity index (χ4v) is 3.25. The molecule has 0 spiro atoms. The number of rotatable bonds is 7. The standard InChI is InChI=1S/C22H29FN4O/c1-6-26(7-2)20-11-8-16(15-24-20)21-25-18-14-17(23)9-10-19(18)27(21)12-13-28-22(3,4)5/h8-11,14-15H,6-7,12-13H2,1-5H3. The summed E-state index contributed by atoms with van der Waals surface area (Å²) < 4.78 is 21.7. The molecule has 28 heavy (non-hydrogen) atoms. The first kappa shape index (κ1) is 20.3. The number of hydrogen-bond acceptors (Lipinski definition) is 4. The van der Waals surface area contributed by atoms with Gasteiger partial charge in [-0.2, -0.15) is 0 Å². The van der Waals surface area contributed by atoms with Crippen LogP contribution in [0, 0.1) is 5.82 Å². The summed E-state index contributed by atoms with van der Waals surface area (Å²) in [6, 6.07) is 8.75. The lowest BCUT2D eigenvalue weighted by atomic mass is 10.2. The number of fused-ring (bicyclic) bond motifs is 1. The maximum atomic E-state index is 13.7. The SMILES string of the molecule is CCN(CC)c1ccc(-c2nc3cc(F)ccc3n2CCOC(C)(C)C)cn1. The highest BCUT2D eigenvalue weighted by molar-refractivity contribution is 5.80. The van der Waals surface area contributed by atoms with E-state index in [1.165, 1.54) is 12.1 Å². The molecule has 0 unspecified atom stereocenters. The van der Waals surface area contributed by atoms with E-state index in [9.17, 15) is 4.39 Å². The van der Waals surface area contributed by atoms with Crippen molar-refractivity contribution in [2.75, 3.05) is 24.6 Å². The van der Waals surface area contributed by atoms with Crippen LogP contribution in [0.4, 0.5) is 10.2 Å². The van der Waals surface area contributed by atoms with Crippen molar-refractivity contribution in [3.8, 4) is 11.4 Å². The minimum Gasteiger partial charge on any atom is -0.374 e. The first-order valence-corrected chi connectivity index (χ1v) is 9.83. The number of hydrogen-bond donors (Lipinski definition) is 0. The second-order valence-electron chi connectivity index (χ2n) is 7.76. The summed E-state index contributed by atoms with van der Waals surface area (Å²) >= 11 is 0. The van der Waals surface area contributed by atoms with Gasteiger partial charge in [-0.25, -0.2) is 14.4 Å². The molecule has 0 bridgehead atoms. The summed E-state index contributed by atoms with van der Waals surface area (Å²) in [5.41, 5.74) is 2.22. The van der Waals surface area contributed by atoms with Crippen LogP contribution >= 0.6 is 0 Å². The topological polar surface area (TPSA) is 43.2 Å². The molecule has 2 aromatic heterocycles. The summed E-state index contributed by atoms with van der Waals surface area (Å²) in [4.78, 5) is 11.5. The number of aromatic nitrogens is 3. The Morgan fingerprint density at radius 1 is 1.11 bits per heavy atom. The zero-order valence-electron chi connectivity index (χ0n) is 17.4.